The smallest absolute Gasteiger partial charge is 0.253 e. The molecule has 0 aromatic heterocycles. The summed E-state index contributed by atoms with van der Waals surface area (Å²) in [5, 5.41) is 16.4. The Balaban J connectivity index is 2.28. The third-order valence-corrected chi connectivity index (χ3v) is 6.48. The molecule has 3 N–H and O–H groups in total. The van der Waals surface area contributed by atoms with Crippen LogP contribution in [0.4, 0.5) is 8.78 Å². The molecule has 3 amide bonds. The van der Waals surface area contributed by atoms with Crippen LogP contribution in [0.2, 0.25) is 0 Å². The topological polar surface area (TPSA) is 98.7 Å². The number of carbonyl (C=O) groups excluding carboxylic acids is 3. The Labute approximate surface area is 236 Å². The predicted molar refractivity (Wildman–Crippen MR) is 152 cm³/mol. The van der Waals surface area contributed by atoms with Crippen molar-refractivity contribution >= 4 is 17.7 Å². The van der Waals surface area contributed by atoms with Crippen LogP contribution in [0.1, 0.15) is 85.2 Å². The number of nitrogens with zero attached hydrogens (tertiary/aromatic N) is 1. The van der Waals surface area contributed by atoms with Gasteiger partial charge in [0.05, 0.1) is 12.1 Å². The van der Waals surface area contributed by atoms with E-state index < -0.39 is 29.7 Å². The Morgan fingerprint density at radius 2 is 1.52 bits per heavy atom. The maximum absolute atomic E-state index is 13.9. The fourth-order valence-corrected chi connectivity index (χ4v) is 4.46. The fraction of sp³-hybridized carbons (Fsp3) is 0.516. The quantitative estimate of drug-likeness (QED) is 0.292. The molecule has 220 valence electrons. The van der Waals surface area contributed by atoms with E-state index >= 15 is 0 Å². The van der Waals surface area contributed by atoms with Gasteiger partial charge in [0.1, 0.15) is 11.6 Å². The maximum Gasteiger partial charge on any atom is 0.253 e. The van der Waals surface area contributed by atoms with Gasteiger partial charge in [0.15, 0.2) is 0 Å². The molecule has 0 saturated carbocycles. The molecule has 2 aromatic carbocycles. The molecule has 2 rings (SSSR count). The molecule has 0 aliphatic carbocycles. The van der Waals surface area contributed by atoms with Crippen LogP contribution in [0.25, 0.3) is 0 Å². The van der Waals surface area contributed by atoms with Crippen molar-refractivity contribution in [3.8, 4) is 0 Å². The first-order valence-corrected chi connectivity index (χ1v) is 14.0. The van der Waals surface area contributed by atoms with Gasteiger partial charge in [0.2, 0.25) is 5.91 Å². The van der Waals surface area contributed by atoms with E-state index in [-0.39, 0.29) is 35.9 Å². The van der Waals surface area contributed by atoms with Gasteiger partial charge in [0.25, 0.3) is 11.8 Å². The average molecular weight is 560 g/mol. The highest BCUT2D eigenvalue weighted by atomic mass is 19.1. The van der Waals surface area contributed by atoms with Crippen LogP contribution in [-0.4, -0.2) is 59.5 Å². The Kier molecular flexibility index (Phi) is 13.2. The number of aryl methyl sites for hydroxylation is 1. The second-order valence-corrected chi connectivity index (χ2v) is 10.7. The minimum absolute atomic E-state index is 0.0815. The summed E-state index contributed by atoms with van der Waals surface area (Å²) in [6.45, 7) is 10.8. The Bertz CT molecular complexity index is 1130. The van der Waals surface area contributed by atoms with Crippen molar-refractivity contribution in [1.82, 2.24) is 15.5 Å². The molecule has 9 heteroatoms. The third kappa shape index (κ3) is 10.7. The summed E-state index contributed by atoms with van der Waals surface area (Å²) in [5.41, 5.74) is 1.56. The lowest BCUT2D eigenvalue weighted by molar-refractivity contribution is -0.121. The van der Waals surface area contributed by atoms with Crippen molar-refractivity contribution < 1.29 is 28.3 Å². The van der Waals surface area contributed by atoms with Crippen molar-refractivity contribution in [3.63, 3.8) is 0 Å². The van der Waals surface area contributed by atoms with Crippen LogP contribution in [-0.2, 0) is 11.2 Å². The summed E-state index contributed by atoms with van der Waals surface area (Å²) < 4.78 is 27.7. The molecule has 0 unspecified atom stereocenters. The molecule has 0 aliphatic rings. The number of aliphatic hydroxyl groups is 1. The number of nitrogens with one attached hydrogen (secondary N) is 2. The zero-order valence-corrected chi connectivity index (χ0v) is 24.2. The summed E-state index contributed by atoms with van der Waals surface area (Å²) in [7, 11) is 0. The van der Waals surface area contributed by atoms with E-state index in [1.807, 2.05) is 27.7 Å². The van der Waals surface area contributed by atoms with Crippen molar-refractivity contribution in [2.24, 2.45) is 5.92 Å². The minimum Gasteiger partial charge on any atom is -0.389 e. The molecule has 0 radical (unpaired) electrons. The maximum atomic E-state index is 13.9. The van der Waals surface area contributed by atoms with Crippen LogP contribution < -0.4 is 10.6 Å². The summed E-state index contributed by atoms with van der Waals surface area (Å²) >= 11 is 0. The molecule has 2 atom stereocenters. The lowest BCUT2D eigenvalue weighted by atomic mass is 9.99. The van der Waals surface area contributed by atoms with Gasteiger partial charge in [0, 0.05) is 43.2 Å². The van der Waals surface area contributed by atoms with Gasteiger partial charge in [-0.3, -0.25) is 14.4 Å². The molecular formula is C31H43F2N3O4. The Hall–Kier alpha value is -3.33. The minimum atomic E-state index is -1.24. The number of carbonyl (C=O) groups is 3. The lowest BCUT2D eigenvalue weighted by Crippen LogP contribution is -2.49. The first-order valence-electron chi connectivity index (χ1n) is 14.0. The number of benzene rings is 2. The third-order valence-electron chi connectivity index (χ3n) is 6.48. The number of hydrogen-bond acceptors (Lipinski definition) is 4. The van der Waals surface area contributed by atoms with Gasteiger partial charge in [-0.05, 0) is 80.0 Å². The molecule has 7 nitrogen and oxygen atoms in total. The van der Waals surface area contributed by atoms with Gasteiger partial charge in [-0.25, -0.2) is 8.78 Å². The van der Waals surface area contributed by atoms with Crippen LogP contribution >= 0.6 is 0 Å². The van der Waals surface area contributed by atoms with Crippen LogP contribution in [0.3, 0.4) is 0 Å². The van der Waals surface area contributed by atoms with E-state index in [2.05, 4.69) is 10.6 Å². The molecular weight excluding hydrogens is 516 g/mol. The second kappa shape index (κ2) is 16.1. The standard InChI is InChI=1S/C31H43F2N3O4/c1-6-10-36(11-7-2)31(40)24-13-21(5)12-23(17-24)30(39)35-27(16-22-14-25(32)18-26(33)15-22)28(37)19-34-29(38)9-8-20(3)4/h12-15,17-18,20,27-28,37H,6-11,16,19H2,1-5H3,(H,34,38)(H,35,39)/t27-,28+/m0/s1. The van der Waals surface area contributed by atoms with Crippen LogP contribution in [0.15, 0.2) is 36.4 Å². The van der Waals surface area contributed by atoms with Gasteiger partial charge >= 0.3 is 0 Å². The number of aliphatic hydroxyl groups excluding tert-OH is 1. The molecule has 2 aromatic rings. The van der Waals surface area contributed by atoms with E-state index in [1.54, 1.807) is 24.0 Å². The van der Waals surface area contributed by atoms with E-state index in [9.17, 15) is 28.3 Å². The highest BCUT2D eigenvalue weighted by Gasteiger charge is 2.25. The normalized spacial score (nSPS) is 12.6. The van der Waals surface area contributed by atoms with E-state index in [4.69, 9.17) is 0 Å². The van der Waals surface area contributed by atoms with Crippen LogP contribution in [0, 0.1) is 24.5 Å². The SMILES string of the molecule is CCCN(CCC)C(=O)c1cc(C)cc(C(=O)N[C@@H](Cc2cc(F)cc(F)c2)[C@H](O)CNC(=O)CCC(C)C)c1. The van der Waals surface area contributed by atoms with Crippen molar-refractivity contribution in [2.75, 3.05) is 19.6 Å². The monoisotopic (exact) mass is 559 g/mol. The van der Waals surface area contributed by atoms with E-state index in [1.165, 1.54) is 6.07 Å². The zero-order chi connectivity index (χ0) is 29.8. The highest BCUT2D eigenvalue weighted by molar-refractivity contribution is 6.00. The number of hydrogen-bond donors (Lipinski definition) is 3. The zero-order valence-electron chi connectivity index (χ0n) is 24.2. The number of amides is 3. The predicted octanol–water partition coefficient (Wildman–Crippen LogP) is 4.79. The highest BCUT2D eigenvalue weighted by Crippen LogP contribution is 2.16. The van der Waals surface area contributed by atoms with Gasteiger partial charge < -0.3 is 20.6 Å². The van der Waals surface area contributed by atoms with Crippen molar-refractivity contribution in [3.05, 3.63) is 70.3 Å². The molecule has 0 bridgehead atoms. The van der Waals surface area contributed by atoms with Gasteiger partial charge in [-0.1, -0.05) is 27.7 Å². The fourth-order valence-electron chi connectivity index (χ4n) is 4.46. The van der Waals surface area contributed by atoms with Crippen LogP contribution in [0.5, 0.6) is 0 Å². The van der Waals surface area contributed by atoms with Crippen molar-refractivity contribution in [1.29, 1.82) is 0 Å². The van der Waals surface area contributed by atoms with Gasteiger partial charge in [-0.15, -0.1) is 0 Å². The summed E-state index contributed by atoms with van der Waals surface area (Å²) in [4.78, 5) is 40.5. The molecule has 0 aliphatic heterocycles. The Morgan fingerprint density at radius 1 is 0.925 bits per heavy atom. The van der Waals surface area contributed by atoms with Crippen molar-refractivity contribution in [2.45, 2.75) is 78.9 Å². The van der Waals surface area contributed by atoms with E-state index in [0.29, 0.717) is 43.0 Å². The second-order valence-electron chi connectivity index (χ2n) is 10.7. The number of rotatable bonds is 15. The molecule has 0 heterocycles. The first-order chi connectivity index (χ1) is 18.9. The van der Waals surface area contributed by atoms with E-state index in [0.717, 1.165) is 31.0 Å². The first kappa shape index (κ1) is 32.9. The largest absolute Gasteiger partial charge is 0.389 e. The summed E-state index contributed by atoms with van der Waals surface area (Å²) in [6.07, 6.45) is 1.27. The average Bonchev–Trinajstić information content (AvgIpc) is 2.88. The molecule has 0 saturated heterocycles. The summed E-state index contributed by atoms with van der Waals surface area (Å²) in [5.74, 6) is -2.17. The lowest BCUT2D eigenvalue weighted by Gasteiger charge is -2.25. The molecule has 0 spiro atoms. The molecule has 0 fully saturated rings. The van der Waals surface area contributed by atoms with Gasteiger partial charge in [-0.2, -0.15) is 0 Å². The number of halogens is 2. The molecule has 40 heavy (non-hydrogen) atoms. The summed E-state index contributed by atoms with van der Waals surface area (Å²) in [6, 6.07) is 6.91. The Morgan fingerprint density at radius 3 is 2.10 bits per heavy atom.